The van der Waals surface area contributed by atoms with Crippen molar-refractivity contribution in [2.24, 2.45) is 0 Å². The van der Waals surface area contributed by atoms with Crippen LogP contribution in [0.2, 0.25) is 0 Å². The molecule has 1 N–H and O–H groups in total. The second-order valence-electron chi connectivity index (χ2n) is 6.77. The van der Waals surface area contributed by atoms with Crippen LogP contribution in [0, 0.1) is 6.92 Å². The third-order valence-corrected chi connectivity index (χ3v) is 5.23. The summed E-state index contributed by atoms with van der Waals surface area (Å²) in [5, 5.41) is 5.04. The number of carbonyl (C=O) groups is 2. The molecule has 3 rings (SSSR count). The van der Waals surface area contributed by atoms with E-state index in [1.54, 1.807) is 17.5 Å². The molecule has 0 radical (unpaired) electrons. The Balaban J connectivity index is 1.72. The second-order valence-corrected chi connectivity index (χ2v) is 7.72. The Hall–Kier alpha value is -2.93. The van der Waals surface area contributed by atoms with E-state index in [-0.39, 0.29) is 19.1 Å². The number of rotatable bonds is 6. The summed E-state index contributed by atoms with van der Waals surface area (Å²) in [6.45, 7) is 5.83. The van der Waals surface area contributed by atoms with E-state index in [0.717, 1.165) is 16.5 Å². The van der Waals surface area contributed by atoms with E-state index in [9.17, 15) is 14.4 Å². The molecule has 3 aromatic rings. The van der Waals surface area contributed by atoms with E-state index < -0.39 is 11.6 Å². The average Bonchev–Trinajstić information content (AvgIpc) is 3.18. The number of amides is 1. The number of nitrogens with one attached hydrogen (secondary N) is 1. The van der Waals surface area contributed by atoms with Crippen molar-refractivity contribution in [2.75, 3.05) is 6.54 Å². The Bertz CT molecular complexity index is 1070. The lowest BCUT2D eigenvalue weighted by Crippen LogP contribution is -2.30. The molecule has 0 unspecified atom stereocenters. The zero-order valence-electron chi connectivity index (χ0n) is 15.9. The lowest BCUT2D eigenvalue weighted by atomic mass is 9.95. The van der Waals surface area contributed by atoms with Gasteiger partial charge in [-0.3, -0.25) is 9.59 Å². The molecule has 0 aliphatic heterocycles. The zero-order chi connectivity index (χ0) is 20.3. The number of hydrogen-bond acceptors (Lipinski definition) is 6. The molecule has 6 nitrogen and oxygen atoms in total. The lowest BCUT2D eigenvalue weighted by Gasteiger charge is -2.13. The molecule has 28 heavy (non-hydrogen) atoms. The number of esters is 1. The number of ether oxygens (including phenoxy) is 1. The minimum absolute atomic E-state index is 0.0730. The van der Waals surface area contributed by atoms with Crippen LogP contribution in [0.25, 0.3) is 11.0 Å². The number of fused-ring (bicyclic) bond motifs is 1. The minimum Gasteiger partial charge on any atom is -0.459 e. The van der Waals surface area contributed by atoms with Gasteiger partial charge in [0.15, 0.2) is 0 Å². The molecule has 2 heterocycles. The van der Waals surface area contributed by atoms with Crippen molar-refractivity contribution in [3.05, 3.63) is 67.7 Å². The summed E-state index contributed by atoms with van der Waals surface area (Å²) in [7, 11) is 0. The summed E-state index contributed by atoms with van der Waals surface area (Å²) in [4.78, 5) is 36.3. The first-order chi connectivity index (χ1) is 13.3. The molecule has 0 spiro atoms. The number of hydrogen-bond donors (Lipinski definition) is 1. The van der Waals surface area contributed by atoms with Crippen LogP contribution in [0.1, 0.15) is 46.1 Å². The highest BCUT2D eigenvalue weighted by Gasteiger charge is 2.14. The van der Waals surface area contributed by atoms with Gasteiger partial charge in [-0.15, -0.1) is 11.3 Å². The molecule has 0 aliphatic rings. The highest BCUT2D eigenvalue weighted by molar-refractivity contribution is 7.12. The van der Waals surface area contributed by atoms with Gasteiger partial charge in [-0.05, 0) is 47.5 Å². The maximum atomic E-state index is 12.0. The van der Waals surface area contributed by atoms with E-state index >= 15 is 0 Å². The van der Waals surface area contributed by atoms with E-state index in [0.29, 0.717) is 21.9 Å². The maximum absolute atomic E-state index is 12.0. The Labute approximate surface area is 166 Å². The molecule has 0 saturated heterocycles. The Morgan fingerprint density at radius 2 is 2.04 bits per heavy atom. The molecule has 1 amide bonds. The lowest BCUT2D eigenvalue weighted by molar-refractivity contribution is -0.143. The molecular formula is C21H21NO5S. The number of thiophene rings is 1. The van der Waals surface area contributed by atoms with Crippen LogP contribution >= 0.6 is 11.3 Å². The third kappa shape index (κ3) is 4.48. The van der Waals surface area contributed by atoms with Crippen molar-refractivity contribution in [3.8, 4) is 0 Å². The van der Waals surface area contributed by atoms with Crippen LogP contribution in [-0.2, 0) is 16.1 Å². The molecule has 0 atom stereocenters. The molecule has 0 saturated carbocycles. The molecule has 146 valence electrons. The molecule has 2 aromatic heterocycles. The van der Waals surface area contributed by atoms with Crippen molar-refractivity contribution in [1.82, 2.24) is 5.32 Å². The van der Waals surface area contributed by atoms with E-state index in [1.807, 2.05) is 19.1 Å². The largest absolute Gasteiger partial charge is 0.459 e. The van der Waals surface area contributed by atoms with Gasteiger partial charge in [-0.2, -0.15) is 0 Å². The zero-order valence-corrected chi connectivity index (χ0v) is 16.7. The number of benzene rings is 1. The highest BCUT2D eigenvalue weighted by atomic mass is 32.1. The summed E-state index contributed by atoms with van der Waals surface area (Å²) < 4.78 is 10.6. The van der Waals surface area contributed by atoms with Gasteiger partial charge in [0.1, 0.15) is 18.7 Å². The molecule has 0 bridgehead atoms. The van der Waals surface area contributed by atoms with Gasteiger partial charge in [0.2, 0.25) is 0 Å². The number of aryl methyl sites for hydroxylation is 1. The maximum Gasteiger partial charge on any atom is 0.336 e. The van der Waals surface area contributed by atoms with Crippen LogP contribution in [0.5, 0.6) is 0 Å². The first-order valence-electron chi connectivity index (χ1n) is 8.89. The van der Waals surface area contributed by atoms with Crippen LogP contribution in [0.4, 0.5) is 0 Å². The van der Waals surface area contributed by atoms with E-state index in [1.165, 1.54) is 17.4 Å². The summed E-state index contributed by atoms with van der Waals surface area (Å²) in [6, 6.07) is 8.57. The predicted octanol–water partition coefficient (Wildman–Crippen LogP) is 3.76. The van der Waals surface area contributed by atoms with Gasteiger partial charge in [-0.1, -0.05) is 19.9 Å². The average molecular weight is 399 g/mol. The van der Waals surface area contributed by atoms with Crippen LogP contribution in [0.15, 0.2) is 44.9 Å². The fraction of sp³-hybridized carbons (Fsp3) is 0.286. The van der Waals surface area contributed by atoms with Gasteiger partial charge < -0.3 is 14.5 Å². The van der Waals surface area contributed by atoms with Crippen LogP contribution in [0.3, 0.4) is 0 Å². The van der Waals surface area contributed by atoms with Crippen molar-refractivity contribution in [2.45, 2.75) is 33.3 Å². The minimum atomic E-state index is -0.581. The van der Waals surface area contributed by atoms with E-state index in [2.05, 4.69) is 19.2 Å². The van der Waals surface area contributed by atoms with Crippen molar-refractivity contribution >= 4 is 34.2 Å². The molecule has 0 aliphatic carbocycles. The quantitative estimate of drug-likeness (QED) is 0.504. The summed E-state index contributed by atoms with van der Waals surface area (Å²) in [5.74, 6) is -0.600. The topological polar surface area (TPSA) is 85.6 Å². The summed E-state index contributed by atoms with van der Waals surface area (Å²) in [6.07, 6.45) is 0. The summed E-state index contributed by atoms with van der Waals surface area (Å²) in [5.41, 5.74) is 2.71. The van der Waals surface area contributed by atoms with Gasteiger partial charge in [-0.25, -0.2) is 4.79 Å². The van der Waals surface area contributed by atoms with Gasteiger partial charge >= 0.3 is 11.6 Å². The number of carbonyl (C=O) groups excluding carboxylic acids is 2. The molecule has 0 fully saturated rings. The summed E-state index contributed by atoms with van der Waals surface area (Å²) >= 11 is 1.29. The molecule has 1 aromatic carbocycles. The van der Waals surface area contributed by atoms with Crippen LogP contribution < -0.4 is 10.9 Å². The van der Waals surface area contributed by atoms with E-state index in [4.69, 9.17) is 9.15 Å². The van der Waals surface area contributed by atoms with Gasteiger partial charge in [0.25, 0.3) is 5.91 Å². The van der Waals surface area contributed by atoms with Crippen molar-refractivity contribution in [1.29, 1.82) is 0 Å². The Morgan fingerprint density at radius 1 is 1.25 bits per heavy atom. The van der Waals surface area contributed by atoms with Gasteiger partial charge in [0.05, 0.1) is 4.88 Å². The first kappa shape index (κ1) is 19.8. The SMILES string of the molecule is Cc1cc2oc(=O)cc(COC(=O)CNC(=O)c3cccs3)c2cc1C(C)C. The normalized spacial score (nSPS) is 11.0. The monoisotopic (exact) mass is 399 g/mol. The Kier molecular flexibility index (Phi) is 5.94. The highest BCUT2D eigenvalue weighted by Crippen LogP contribution is 2.27. The predicted molar refractivity (Wildman–Crippen MR) is 108 cm³/mol. The molecular weight excluding hydrogens is 378 g/mol. The van der Waals surface area contributed by atoms with Crippen molar-refractivity contribution < 1.29 is 18.7 Å². The fourth-order valence-electron chi connectivity index (χ4n) is 2.99. The molecule has 7 heteroatoms. The van der Waals surface area contributed by atoms with Gasteiger partial charge in [0, 0.05) is 17.0 Å². The first-order valence-corrected chi connectivity index (χ1v) is 9.77. The Morgan fingerprint density at radius 3 is 2.71 bits per heavy atom. The standard InChI is InChI=1S/C21H21NO5S/c1-12(2)15-9-16-14(8-19(23)27-17(16)7-13(15)3)11-26-20(24)10-22-21(25)18-5-4-6-28-18/h4-9,12H,10-11H2,1-3H3,(H,22,25). The van der Waals surface area contributed by atoms with Crippen molar-refractivity contribution in [3.63, 3.8) is 0 Å². The smallest absolute Gasteiger partial charge is 0.336 e. The second kappa shape index (κ2) is 8.39. The van der Waals surface area contributed by atoms with Crippen LogP contribution in [-0.4, -0.2) is 18.4 Å². The third-order valence-electron chi connectivity index (χ3n) is 4.37. The fourth-order valence-corrected chi connectivity index (χ4v) is 3.63.